The van der Waals surface area contributed by atoms with E-state index in [2.05, 4.69) is 33.4 Å². The molecule has 1 N–H and O–H groups in total. The second-order valence-corrected chi connectivity index (χ2v) is 7.14. The van der Waals surface area contributed by atoms with Crippen molar-refractivity contribution >= 4 is 27.9 Å². The van der Waals surface area contributed by atoms with Gasteiger partial charge in [-0.3, -0.25) is 4.79 Å². The molecule has 0 saturated heterocycles. The van der Waals surface area contributed by atoms with E-state index in [1.807, 2.05) is 54.6 Å². The van der Waals surface area contributed by atoms with Crippen molar-refractivity contribution in [2.45, 2.75) is 12.8 Å². The molecule has 2 aromatic carbocycles. The molecule has 3 aromatic rings. The minimum atomic E-state index is -0.393. The third-order valence-corrected chi connectivity index (χ3v) is 4.65. The van der Waals surface area contributed by atoms with Gasteiger partial charge in [0, 0.05) is 22.7 Å². The van der Waals surface area contributed by atoms with E-state index in [0.29, 0.717) is 18.1 Å². The van der Waals surface area contributed by atoms with Crippen LogP contribution in [0.1, 0.15) is 17.7 Å². The van der Waals surface area contributed by atoms with Crippen LogP contribution in [-0.4, -0.2) is 12.5 Å². The first kappa shape index (κ1) is 19.7. The normalized spacial score (nSPS) is 11.1. The van der Waals surface area contributed by atoms with Gasteiger partial charge in [0.25, 0.3) is 5.91 Å². The number of hydrogen-bond donors (Lipinski definition) is 1. The third kappa shape index (κ3) is 5.45. The van der Waals surface area contributed by atoms with Gasteiger partial charge < -0.3 is 9.73 Å². The van der Waals surface area contributed by atoms with Crippen molar-refractivity contribution in [1.82, 2.24) is 5.32 Å². The quantitative estimate of drug-likeness (QED) is 0.309. The van der Waals surface area contributed by atoms with E-state index in [9.17, 15) is 10.1 Å². The van der Waals surface area contributed by atoms with Crippen molar-refractivity contribution in [3.63, 3.8) is 0 Å². The van der Waals surface area contributed by atoms with Crippen molar-refractivity contribution in [1.29, 1.82) is 5.26 Å². The average Bonchev–Trinajstić information content (AvgIpc) is 3.19. The Bertz CT molecular complexity index is 1020. The van der Waals surface area contributed by atoms with Crippen LogP contribution in [0.2, 0.25) is 0 Å². The Kier molecular flexibility index (Phi) is 6.83. The highest BCUT2D eigenvalue weighted by molar-refractivity contribution is 9.10. The second-order valence-electron chi connectivity index (χ2n) is 6.23. The number of halogens is 1. The highest BCUT2D eigenvalue weighted by atomic mass is 79.9. The number of nitrogens with zero attached hydrogens (tertiary/aromatic N) is 1. The van der Waals surface area contributed by atoms with E-state index in [4.69, 9.17) is 4.42 Å². The van der Waals surface area contributed by atoms with Crippen LogP contribution in [0.4, 0.5) is 0 Å². The van der Waals surface area contributed by atoms with Gasteiger partial charge in [-0.25, -0.2) is 0 Å². The van der Waals surface area contributed by atoms with E-state index in [1.165, 1.54) is 11.6 Å². The fourth-order valence-corrected chi connectivity index (χ4v) is 3.15. The molecule has 5 heteroatoms. The number of amides is 1. The number of hydrogen-bond acceptors (Lipinski definition) is 3. The van der Waals surface area contributed by atoms with E-state index >= 15 is 0 Å². The summed E-state index contributed by atoms with van der Waals surface area (Å²) in [5.74, 6) is 0.745. The number of nitriles is 1. The van der Waals surface area contributed by atoms with Gasteiger partial charge in [0.05, 0.1) is 0 Å². The lowest BCUT2D eigenvalue weighted by Crippen LogP contribution is -2.25. The molecule has 0 aliphatic carbocycles. The van der Waals surface area contributed by atoms with Crippen molar-refractivity contribution in [3.05, 3.63) is 88.1 Å². The maximum Gasteiger partial charge on any atom is 0.262 e. The molecular formula is C23H19BrN2O2. The van der Waals surface area contributed by atoms with Crippen molar-refractivity contribution < 1.29 is 9.21 Å². The van der Waals surface area contributed by atoms with Crippen LogP contribution in [0, 0.1) is 11.3 Å². The second kappa shape index (κ2) is 9.72. The predicted octanol–water partition coefficient (Wildman–Crippen LogP) is 5.37. The SMILES string of the molecule is N#C/C(=C/c1ccc(-c2cccc(Br)c2)o1)C(=O)NCCCc1ccccc1. The zero-order valence-electron chi connectivity index (χ0n) is 15.2. The van der Waals surface area contributed by atoms with E-state index < -0.39 is 5.91 Å². The third-order valence-electron chi connectivity index (χ3n) is 4.16. The lowest BCUT2D eigenvalue weighted by Gasteiger charge is -2.04. The molecule has 0 aliphatic heterocycles. The zero-order valence-corrected chi connectivity index (χ0v) is 16.8. The van der Waals surface area contributed by atoms with E-state index in [0.717, 1.165) is 22.9 Å². The molecule has 0 aliphatic rings. The maximum atomic E-state index is 12.3. The molecule has 28 heavy (non-hydrogen) atoms. The number of carbonyl (C=O) groups is 1. The van der Waals surface area contributed by atoms with Crippen LogP contribution in [0.3, 0.4) is 0 Å². The van der Waals surface area contributed by atoms with Gasteiger partial charge in [0.2, 0.25) is 0 Å². The van der Waals surface area contributed by atoms with Gasteiger partial charge in [0.1, 0.15) is 23.2 Å². The van der Waals surface area contributed by atoms with E-state index in [-0.39, 0.29) is 5.57 Å². The van der Waals surface area contributed by atoms with Crippen LogP contribution in [-0.2, 0) is 11.2 Å². The minimum Gasteiger partial charge on any atom is -0.457 e. The minimum absolute atomic E-state index is 0.0230. The Balaban J connectivity index is 1.59. The Hall–Kier alpha value is -3.10. The maximum absolute atomic E-state index is 12.3. The fourth-order valence-electron chi connectivity index (χ4n) is 2.75. The van der Waals surface area contributed by atoms with Crippen LogP contribution in [0.5, 0.6) is 0 Å². The Morgan fingerprint density at radius 3 is 2.68 bits per heavy atom. The summed E-state index contributed by atoms with van der Waals surface area (Å²) in [5, 5.41) is 12.1. The molecule has 1 aromatic heterocycles. The van der Waals surface area contributed by atoms with Crippen molar-refractivity contribution in [2.24, 2.45) is 0 Å². The zero-order chi connectivity index (χ0) is 19.8. The summed E-state index contributed by atoms with van der Waals surface area (Å²) in [6, 6.07) is 23.3. The van der Waals surface area contributed by atoms with Gasteiger partial charge in [-0.15, -0.1) is 0 Å². The lowest BCUT2D eigenvalue weighted by atomic mass is 10.1. The molecule has 0 atom stereocenters. The molecule has 1 amide bonds. The smallest absolute Gasteiger partial charge is 0.262 e. The number of furan rings is 1. The molecule has 4 nitrogen and oxygen atoms in total. The molecule has 0 saturated carbocycles. The number of carbonyl (C=O) groups excluding carboxylic acids is 1. The summed E-state index contributed by atoms with van der Waals surface area (Å²) in [4.78, 5) is 12.3. The van der Waals surface area contributed by atoms with Crippen LogP contribution >= 0.6 is 15.9 Å². The standard InChI is InChI=1S/C23H19BrN2O2/c24-20-10-4-9-18(14-20)22-12-11-21(28-22)15-19(16-25)23(27)26-13-5-8-17-6-2-1-3-7-17/h1-4,6-7,9-12,14-15H,5,8,13H2,(H,26,27)/b19-15-. The van der Waals surface area contributed by atoms with Gasteiger partial charge in [-0.2, -0.15) is 5.26 Å². The van der Waals surface area contributed by atoms with E-state index in [1.54, 1.807) is 6.07 Å². The highest BCUT2D eigenvalue weighted by Crippen LogP contribution is 2.25. The molecule has 3 rings (SSSR count). The highest BCUT2D eigenvalue weighted by Gasteiger charge is 2.11. The van der Waals surface area contributed by atoms with Crippen molar-refractivity contribution in [3.8, 4) is 17.4 Å². The molecule has 0 fully saturated rings. The number of rotatable bonds is 7. The fraction of sp³-hybridized carbons (Fsp3) is 0.130. The molecule has 0 unspecified atom stereocenters. The predicted molar refractivity (Wildman–Crippen MR) is 113 cm³/mol. The van der Waals surface area contributed by atoms with Gasteiger partial charge in [0.15, 0.2) is 0 Å². The van der Waals surface area contributed by atoms with Crippen LogP contribution in [0.15, 0.2) is 81.2 Å². The summed E-state index contributed by atoms with van der Waals surface area (Å²) >= 11 is 3.43. The Morgan fingerprint density at radius 2 is 1.93 bits per heavy atom. The molecular weight excluding hydrogens is 416 g/mol. The first-order chi connectivity index (χ1) is 13.7. The van der Waals surface area contributed by atoms with Gasteiger partial charge in [-0.1, -0.05) is 58.4 Å². The van der Waals surface area contributed by atoms with Crippen LogP contribution < -0.4 is 5.32 Å². The molecule has 0 spiro atoms. The first-order valence-electron chi connectivity index (χ1n) is 8.95. The number of benzene rings is 2. The first-order valence-corrected chi connectivity index (χ1v) is 9.75. The average molecular weight is 435 g/mol. The monoisotopic (exact) mass is 434 g/mol. The summed E-state index contributed by atoms with van der Waals surface area (Å²) in [5.41, 5.74) is 2.16. The summed E-state index contributed by atoms with van der Waals surface area (Å²) in [6.07, 6.45) is 3.15. The van der Waals surface area contributed by atoms with Crippen molar-refractivity contribution in [2.75, 3.05) is 6.54 Å². The Labute approximate surface area is 172 Å². The lowest BCUT2D eigenvalue weighted by molar-refractivity contribution is -0.117. The molecule has 1 heterocycles. The summed E-state index contributed by atoms with van der Waals surface area (Å²) in [7, 11) is 0. The van der Waals surface area contributed by atoms with Gasteiger partial charge >= 0.3 is 0 Å². The number of nitrogens with one attached hydrogen (secondary N) is 1. The largest absolute Gasteiger partial charge is 0.457 e. The Morgan fingerprint density at radius 1 is 1.11 bits per heavy atom. The molecule has 140 valence electrons. The summed E-state index contributed by atoms with van der Waals surface area (Å²) in [6.45, 7) is 0.508. The molecule has 0 radical (unpaired) electrons. The number of aryl methyl sites for hydroxylation is 1. The van der Waals surface area contributed by atoms with Crippen LogP contribution in [0.25, 0.3) is 17.4 Å². The molecule has 0 bridgehead atoms. The summed E-state index contributed by atoms with van der Waals surface area (Å²) < 4.78 is 6.71. The van der Waals surface area contributed by atoms with Gasteiger partial charge in [-0.05, 0) is 42.7 Å². The topological polar surface area (TPSA) is 66.0 Å².